The van der Waals surface area contributed by atoms with E-state index in [1.165, 1.54) is 13.0 Å². The summed E-state index contributed by atoms with van der Waals surface area (Å²) < 4.78 is 26.2. The predicted octanol–water partition coefficient (Wildman–Crippen LogP) is -0.699. The van der Waals surface area contributed by atoms with Crippen LogP contribution in [0.25, 0.3) is 0 Å². The summed E-state index contributed by atoms with van der Waals surface area (Å²) in [5.41, 5.74) is 16.3. The van der Waals surface area contributed by atoms with Crippen molar-refractivity contribution in [2.75, 3.05) is 18.8 Å². The van der Waals surface area contributed by atoms with E-state index in [1.807, 2.05) is 0 Å². The molecule has 0 saturated carbocycles. The first kappa shape index (κ1) is 17.4. The number of anilines is 1. The van der Waals surface area contributed by atoms with Crippen molar-refractivity contribution in [3.8, 4) is 0 Å². The molecule has 6 N–H and O–H groups in total. The highest BCUT2D eigenvalue weighted by atomic mass is 79.9. The first-order valence-corrected chi connectivity index (χ1v) is 7.91. The lowest BCUT2D eigenvalue weighted by Crippen LogP contribution is -2.43. The summed E-state index contributed by atoms with van der Waals surface area (Å²) in [7, 11) is -4.15. The smallest absolute Gasteiger partial charge is 0.244 e. The number of nitrogens with two attached hydrogens (primary N) is 3. The average Bonchev–Trinajstić information content (AvgIpc) is 2.31. The van der Waals surface area contributed by atoms with Gasteiger partial charge in [0.05, 0.1) is 18.0 Å². The minimum atomic E-state index is -4.15. The second-order valence-corrected chi connectivity index (χ2v) is 7.15. The number of halogens is 1. The van der Waals surface area contributed by atoms with Gasteiger partial charge in [0.1, 0.15) is 0 Å². The molecule has 0 aliphatic rings. The zero-order valence-corrected chi connectivity index (χ0v) is 13.6. The molecule has 10 heteroatoms. The minimum absolute atomic E-state index is 0.128. The molecule has 0 aromatic heterocycles. The molecule has 0 bridgehead atoms. The van der Waals surface area contributed by atoms with Gasteiger partial charge in [-0.25, -0.2) is 8.42 Å². The molecular weight excluding hydrogens is 364 g/mol. The van der Waals surface area contributed by atoms with Crippen LogP contribution in [0.1, 0.15) is 5.56 Å². The fourth-order valence-corrected chi connectivity index (χ4v) is 3.94. The highest BCUT2D eigenvalue weighted by molar-refractivity contribution is 9.10. The molecule has 0 radical (unpaired) electrons. The predicted molar refractivity (Wildman–Crippen MR) is 80.4 cm³/mol. The Kier molecular flexibility index (Phi) is 5.31. The first-order chi connectivity index (χ1) is 9.55. The van der Waals surface area contributed by atoms with Crippen molar-refractivity contribution in [3.63, 3.8) is 0 Å². The van der Waals surface area contributed by atoms with Crippen molar-refractivity contribution in [2.45, 2.75) is 11.8 Å². The van der Waals surface area contributed by atoms with Gasteiger partial charge in [0, 0.05) is 10.2 Å². The molecule has 0 saturated heterocycles. The number of rotatable bonds is 6. The normalized spacial score (nSPS) is 11.6. The lowest BCUT2D eigenvalue weighted by Gasteiger charge is -2.21. The highest BCUT2D eigenvalue weighted by Crippen LogP contribution is 2.28. The summed E-state index contributed by atoms with van der Waals surface area (Å²) >= 11 is 3.14. The van der Waals surface area contributed by atoms with Gasteiger partial charge < -0.3 is 17.2 Å². The number of amides is 2. The molecule has 8 nitrogen and oxygen atoms in total. The van der Waals surface area contributed by atoms with Crippen molar-refractivity contribution in [3.05, 3.63) is 22.2 Å². The van der Waals surface area contributed by atoms with E-state index >= 15 is 0 Å². The standard InChI is InChI=1S/C11H15BrN4O4S/c1-6-8(13)2-7(12)3-9(6)21(19,20)16(4-10(14)17)5-11(15)18/h2-3H,4-5,13H2,1H3,(H2,14,17)(H2,15,18). The van der Waals surface area contributed by atoms with Crippen LogP contribution in [0.15, 0.2) is 21.5 Å². The molecular formula is C11H15BrN4O4S. The third-order valence-electron chi connectivity index (χ3n) is 2.65. The number of primary amides is 2. The van der Waals surface area contributed by atoms with Crippen LogP contribution in [0.3, 0.4) is 0 Å². The number of hydrogen-bond acceptors (Lipinski definition) is 5. The van der Waals surface area contributed by atoms with E-state index in [2.05, 4.69) is 15.9 Å². The molecule has 1 aromatic carbocycles. The second-order valence-electron chi connectivity index (χ2n) is 4.32. The molecule has 116 valence electrons. The van der Waals surface area contributed by atoms with E-state index in [0.717, 1.165) is 0 Å². The Bertz CT molecular complexity index is 674. The lowest BCUT2D eigenvalue weighted by atomic mass is 10.2. The number of benzene rings is 1. The average molecular weight is 379 g/mol. The Morgan fingerprint density at radius 3 is 2.10 bits per heavy atom. The molecule has 2 amide bonds. The number of carbonyl (C=O) groups is 2. The Morgan fingerprint density at radius 1 is 1.19 bits per heavy atom. The van der Waals surface area contributed by atoms with Gasteiger partial charge in [0.15, 0.2) is 0 Å². The zero-order valence-electron chi connectivity index (χ0n) is 11.2. The fourth-order valence-electron chi connectivity index (χ4n) is 1.65. The largest absolute Gasteiger partial charge is 0.398 e. The Balaban J connectivity index is 3.41. The van der Waals surface area contributed by atoms with Gasteiger partial charge >= 0.3 is 0 Å². The maximum Gasteiger partial charge on any atom is 0.244 e. The van der Waals surface area contributed by atoms with Crippen molar-refractivity contribution in [1.82, 2.24) is 4.31 Å². The lowest BCUT2D eigenvalue weighted by molar-refractivity contribution is -0.120. The van der Waals surface area contributed by atoms with Crippen molar-refractivity contribution >= 4 is 43.5 Å². The SMILES string of the molecule is Cc1c(N)cc(Br)cc1S(=O)(=O)N(CC(N)=O)CC(N)=O. The summed E-state index contributed by atoms with van der Waals surface area (Å²) in [6.45, 7) is 0.204. The van der Waals surface area contributed by atoms with Crippen LogP contribution < -0.4 is 17.2 Å². The molecule has 0 atom stereocenters. The van der Waals surface area contributed by atoms with Gasteiger partial charge in [-0.05, 0) is 24.6 Å². The summed E-state index contributed by atoms with van der Waals surface area (Å²) in [5, 5.41) is 0. The molecule has 0 aliphatic heterocycles. The quantitative estimate of drug-likeness (QED) is 0.559. The van der Waals surface area contributed by atoms with E-state index < -0.39 is 34.9 Å². The van der Waals surface area contributed by atoms with Gasteiger partial charge in [0.2, 0.25) is 21.8 Å². The fraction of sp³-hybridized carbons (Fsp3) is 0.273. The first-order valence-electron chi connectivity index (χ1n) is 5.68. The van der Waals surface area contributed by atoms with Crippen LogP contribution in [0.4, 0.5) is 5.69 Å². The van der Waals surface area contributed by atoms with E-state index in [4.69, 9.17) is 17.2 Å². The molecule has 1 aromatic rings. The molecule has 0 unspecified atom stereocenters. The van der Waals surface area contributed by atoms with Crippen LogP contribution in [-0.4, -0.2) is 37.6 Å². The van der Waals surface area contributed by atoms with Crippen molar-refractivity contribution in [1.29, 1.82) is 0 Å². The number of carbonyl (C=O) groups excluding carboxylic acids is 2. The Labute approximate surface area is 130 Å². The summed E-state index contributed by atoms with van der Waals surface area (Å²) in [6.07, 6.45) is 0. The molecule has 1 rings (SSSR count). The Hall–Kier alpha value is -1.65. The molecule has 0 heterocycles. The monoisotopic (exact) mass is 378 g/mol. The van der Waals surface area contributed by atoms with E-state index in [9.17, 15) is 18.0 Å². The molecule has 0 aliphatic carbocycles. The molecule has 0 spiro atoms. The molecule has 0 fully saturated rings. The summed E-state index contributed by atoms with van der Waals surface area (Å²) in [5.74, 6) is -1.80. The number of nitrogen functional groups attached to an aromatic ring is 1. The third-order valence-corrected chi connectivity index (χ3v) is 5.02. The summed E-state index contributed by atoms with van der Waals surface area (Å²) in [4.78, 5) is 21.9. The van der Waals surface area contributed by atoms with Crippen LogP contribution in [0, 0.1) is 6.92 Å². The number of sulfonamides is 1. The van der Waals surface area contributed by atoms with E-state index in [-0.39, 0.29) is 10.6 Å². The molecule has 21 heavy (non-hydrogen) atoms. The van der Waals surface area contributed by atoms with Crippen LogP contribution in [0.5, 0.6) is 0 Å². The van der Waals surface area contributed by atoms with Gasteiger partial charge in [-0.2, -0.15) is 4.31 Å². The van der Waals surface area contributed by atoms with Crippen molar-refractivity contribution in [2.24, 2.45) is 11.5 Å². The minimum Gasteiger partial charge on any atom is -0.398 e. The second kappa shape index (κ2) is 6.41. The van der Waals surface area contributed by atoms with Gasteiger partial charge in [0.25, 0.3) is 0 Å². The Morgan fingerprint density at radius 2 is 1.67 bits per heavy atom. The van der Waals surface area contributed by atoms with E-state index in [0.29, 0.717) is 14.3 Å². The van der Waals surface area contributed by atoms with Crippen LogP contribution in [0.2, 0.25) is 0 Å². The highest BCUT2D eigenvalue weighted by Gasteiger charge is 2.29. The van der Waals surface area contributed by atoms with Crippen LogP contribution in [-0.2, 0) is 19.6 Å². The zero-order chi connectivity index (χ0) is 16.4. The third kappa shape index (κ3) is 4.16. The topological polar surface area (TPSA) is 150 Å². The maximum atomic E-state index is 12.6. The van der Waals surface area contributed by atoms with Gasteiger partial charge in [-0.1, -0.05) is 15.9 Å². The van der Waals surface area contributed by atoms with Crippen molar-refractivity contribution < 1.29 is 18.0 Å². The number of hydrogen-bond donors (Lipinski definition) is 3. The van der Waals surface area contributed by atoms with Crippen LogP contribution >= 0.6 is 15.9 Å². The maximum absolute atomic E-state index is 12.6. The van der Waals surface area contributed by atoms with Gasteiger partial charge in [-0.15, -0.1) is 0 Å². The summed E-state index contributed by atoms with van der Waals surface area (Å²) in [6, 6.07) is 2.87. The van der Waals surface area contributed by atoms with E-state index in [1.54, 1.807) is 6.07 Å². The van der Waals surface area contributed by atoms with Gasteiger partial charge in [-0.3, -0.25) is 9.59 Å². The number of nitrogens with zero attached hydrogens (tertiary/aromatic N) is 1.